The van der Waals surface area contributed by atoms with Crippen LogP contribution in [0.25, 0.3) is 6.08 Å². The molecule has 134 valence electrons. The number of aliphatic hydroxyl groups is 3. The van der Waals surface area contributed by atoms with Gasteiger partial charge >= 0.3 is 0 Å². The van der Waals surface area contributed by atoms with Gasteiger partial charge in [-0.3, -0.25) is 0 Å². The minimum absolute atomic E-state index is 0.383. The van der Waals surface area contributed by atoms with Gasteiger partial charge in [-0.2, -0.15) is 0 Å². The average Bonchev–Trinajstić information content (AvgIpc) is 2.56. The van der Waals surface area contributed by atoms with Crippen molar-refractivity contribution in [1.82, 2.24) is 0 Å². The van der Waals surface area contributed by atoms with E-state index in [9.17, 15) is 19.7 Å². The highest BCUT2D eigenvalue weighted by Crippen LogP contribution is 2.24. The zero-order valence-electron chi connectivity index (χ0n) is 14.0. The third-order valence-electron chi connectivity index (χ3n) is 4.02. The lowest BCUT2D eigenvalue weighted by molar-refractivity contribution is 0.00209. The SMILES string of the molecule is C=C[C@@H]([C@H](O)CO)[C@H](O)CC/C(=C/c1ccc(O)c(F)c1)CCC. The maximum Gasteiger partial charge on any atom is 0.165 e. The molecule has 0 fully saturated rings. The molecule has 5 heteroatoms. The summed E-state index contributed by atoms with van der Waals surface area (Å²) in [4.78, 5) is 0. The quantitative estimate of drug-likeness (QED) is 0.494. The van der Waals surface area contributed by atoms with E-state index in [1.807, 2.05) is 13.0 Å². The van der Waals surface area contributed by atoms with Crippen LogP contribution in [-0.2, 0) is 0 Å². The van der Waals surface area contributed by atoms with Gasteiger partial charge in [-0.15, -0.1) is 6.58 Å². The molecule has 3 atom stereocenters. The Balaban J connectivity index is 2.80. The summed E-state index contributed by atoms with van der Waals surface area (Å²) in [6.07, 6.45) is 4.14. The Morgan fingerprint density at radius 1 is 1.25 bits per heavy atom. The minimum atomic E-state index is -1.04. The molecule has 1 rings (SSSR count). The molecule has 0 spiro atoms. The molecule has 0 aromatic heterocycles. The van der Waals surface area contributed by atoms with E-state index in [0.29, 0.717) is 18.4 Å². The molecule has 24 heavy (non-hydrogen) atoms. The number of hydrogen-bond acceptors (Lipinski definition) is 4. The maximum absolute atomic E-state index is 13.4. The topological polar surface area (TPSA) is 80.9 Å². The van der Waals surface area contributed by atoms with Crippen LogP contribution in [0.4, 0.5) is 4.39 Å². The van der Waals surface area contributed by atoms with Crippen molar-refractivity contribution in [3.63, 3.8) is 0 Å². The number of benzene rings is 1. The van der Waals surface area contributed by atoms with Gasteiger partial charge in [-0.05, 0) is 37.0 Å². The first-order chi connectivity index (χ1) is 11.4. The van der Waals surface area contributed by atoms with E-state index in [4.69, 9.17) is 5.11 Å². The summed E-state index contributed by atoms with van der Waals surface area (Å²) >= 11 is 0. The van der Waals surface area contributed by atoms with E-state index in [1.165, 1.54) is 18.2 Å². The van der Waals surface area contributed by atoms with Gasteiger partial charge in [0.25, 0.3) is 0 Å². The summed E-state index contributed by atoms with van der Waals surface area (Å²) in [6, 6.07) is 4.21. The van der Waals surface area contributed by atoms with E-state index in [-0.39, 0.29) is 5.75 Å². The average molecular weight is 338 g/mol. The van der Waals surface area contributed by atoms with Crippen LogP contribution in [0.5, 0.6) is 5.75 Å². The van der Waals surface area contributed by atoms with Crippen LogP contribution in [0, 0.1) is 11.7 Å². The first-order valence-corrected chi connectivity index (χ1v) is 8.20. The van der Waals surface area contributed by atoms with Crippen molar-refractivity contribution in [3.8, 4) is 5.75 Å². The number of hydrogen-bond donors (Lipinski definition) is 4. The molecule has 0 saturated heterocycles. The van der Waals surface area contributed by atoms with Crippen LogP contribution >= 0.6 is 0 Å². The lowest BCUT2D eigenvalue weighted by Crippen LogP contribution is -2.32. The minimum Gasteiger partial charge on any atom is -0.505 e. The number of phenolic OH excluding ortho intramolecular Hbond substituents is 1. The van der Waals surface area contributed by atoms with E-state index in [2.05, 4.69) is 6.58 Å². The molecule has 0 amide bonds. The van der Waals surface area contributed by atoms with Crippen molar-refractivity contribution in [2.45, 2.75) is 44.8 Å². The molecule has 0 saturated carbocycles. The zero-order chi connectivity index (χ0) is 18.1. The van der Waals surface area contributed by atoms with Crippen molar-refractivity contribution in [1.29, 1.82) is 0 Å². The standard InChI is InChI=1S/C19H27FO4/c1-3-5-13(10-14-7-9-18(23)16(20)11-14)6-8-17(22)15(4-2)19(24)12-21/h4,7,9-11,15,17,19,21-24H,2-3,5-6,8,12H2,1H3/b13-10+/t15-,17-,19-/m1/s1. The molecular formula is C19H27FO4. The van der Waals surface area contributed by atoms with Gasteiger partial charge in [-0.25, -0.2) is 4.39 Å². The molecule has 1 aromatic carbocycles. The van der Waals surface area contributed by atoms with Crippen molar-refractivity contribution < 1.29 is 24.8 Å². The Bertz CT molecular complexity index is 556. The second kappa shape index (κ2) is 10.2. The lowest BCUT2D eigenvalue weighted by atomic mass is 9.90. The van der Waals surface area contributed by atoms with Crippen LogP contribution in [0.2, 0.25) is 0 Å². The van der Waals surface area contributed by atoms with Gasteiger partial charge in [0.2, 0.25) is 0 Å². The first-order valence-electron chi connectivity index (χ1n) is 8.20. The van der Waals surface area contributed by atoms with Gasteiger partial charge in [0.1, 0.15) is 0 Å². The summed E-state index contributed by atoms with van der Waals surface area (Å²) in [6.45, 7) is 5.19. The smallest absolute Gasteiger partial charge is 0.165 e. The highest BCUT2D eigenvalue weighted by atomic mass is 19.1. The summed E-state index contributed by atoms with van der Waals surface area (Å²) in [7, 11) is 0. The fraction of sp³-hybridized carbons (Fsp3) is 0.474. The normalized spacial score (nSPS) is 15.8. The second-order valence-electron chi connectivity index (χ2n) is 5.93. The van der Waals surface area contributed by atoms with Crippen LogP contribution < -0.4 is 0 Å². The highest BCUT2D eigenvalue weighted by molar-refractivity contribution is 5.54. The molecule has 0 radical (unpaired) electrons. The van der Waals surface area contributed by atoms with Crippen molar-refractivity contribution in [2.24, 2.45) is 5.92 Å². The van der Waals surface area contributed by atoms with Crippen molar-refractivity contribution in [3.05, 3.63) is 47.8 Å². The lowest BCUT2D eigenvalue weighted by Gasteiger charge is -2.23. The Kier molecular flexibility index (Phi) is 8.68. The Morgan fingerprint density at radius 3 is 2.50 bits per heavy atom. The number of aromatic hydroxyl groups is 1. The zero-order valence-corrected chi connectivity index (χ0v) is 14.0. The fourth-order valence-electron chi connectivity index (χ4n) is 2.66. The maximum atomic E-state index is 13.4. The van der Waals surface area contributed by atoms with E-state index in [1.54, 1.807) is 6.07 Å². The van der Waals surface area contributed by atoms with Gasteiger partial charge in [0.05, 0.1) is 18.8 Å². The van der Waals surface area contributed by atoms with E-state index in [0.717, 1.165) is 18.4 Å². The van der Waals surface area contributed by atoms with Crippen LogP contribution in [0.3, 0.4) is 0 Å². The molecule has 0 heterocycles. The van der Waals surface area contributed by atoms with Gasteiger partial charge in [-0.1, -0.05) is 37.1 Å². The van der Waals surface area contributed by atoms with Crippen molar-refractivity contribution in [2.75, 3.05) is 6.61 Å². The number of aliphatic hydroxyl groups excluding tert-OH is 3. The van der Waals surface area contributed by atoms with Crippen LogP contribution in [0.1, 0.15) is 38.2 Å². The van der Waals surface area contributed by atoms with E-state index < -0.39 is 30.5 Å². The molecule has 0 bridgehead atoms. The Hall–Kier alpha value is -1.69. The predicted octanol–water partition coefficient (Wildman–Crippen LogP) is 3.01. The molecule has 4 N–H and O–H groups in total. The third-order valence-corrected chi connectivity index (χ3v) is 4.02. The van der Waals surface area contributed by atoms with Crippen molar-refractivity contribution >= 4 is 6.08 Å². The monoisotopic (exact) mass is 338 g/mol. The Morgan fingerprint density at radius 2 is 1.96 bits per heavy atom. The molecule has 0 aliphatic carbocycles. The molecule has 1 aromatic rings. The molecule has 0 unspecified atom stereocenters. The number of rotatable bonds is 10. The highest BCUT2D eigenvalue weighted by Gasteiger charge is 2.23. The van der Waals surface area contributed by atoms with Gasteiger partial charge < -0.3 is 20.4 Å². The van der Waals surface area contributed by atoms with E-state index >= 15 is 0 Å². The number of phenols is 1. The largest absolute Gasteiger partial charge is 0.505 e. The first kappa shape index (κ1) is 20.4. The summed E-state index contributed by atoms with van der Waals surface area (Å²) < 4.78 is 13.4. The Labute approximate surface area is 142 Å². The van der Waals surface area contributed by atoms with Gasteiger partial charge in [0, 0.05) is 5.92 Å². The molecular weight excluding hydrogens is 311 g/mol. The molecule has 0 aliphatic heterocycles. The molecule has 4 nitrogen and oxygen atoms in total. The summed E-state index contributed by atoms with van der Waals surface area (Å²) in [5, 5.41) is 38.2. The fourth-order valence-corrected chi connectivity index (χ4v) is 2.66. The summed E-state index contributed by atoms with van der Waals surface area (Å²) in [5.41, 5.74) is 1.70. The predicted molar refractivity (Wildman–Crippen MR) is 93.0 cm³/mol. The van der Waals surface area contributed by atoms with Gasteiger partial charge in [0.15, 0.2) is 11.6 Å². The molecule has 0 aliphatic rings. The number of halogens is 1. The third kappa shape index (κ3) is 6.07. The van der Waals surface area contributed by atoms with Crippen LogP contribution in [0.15, 0.2) is 36.4 Å². The summed E-state index contributed by atoms with van der Waals surface area (Å²) in [5.74, 6) is -1.65. The number of allylic oxidation sites excluding steroid dienone is 1. The van der Waals surface area contributed by atoms with Crippen LogP contribution in [-0.4, -0.2) is 39.2 Å². The second-order valence-corrected chi connectivity index (χ2v) is 5.93.